The number of unbranched alkanes of at least 4 members (excludes halogenated alkanes) is 1. The molecule has 0 aromatic carbocycles. The molecule has 0 saturated carbocycles. The molecule has 112 valence electrons. The van der Waals surface area contributed by atoms with Crippen LogP contribution < -0.4 is 11.1 Å². The molecule has 1 unspecified atom stereocenters. The van der Waals surface area contributed by atoms with E-state index in [1.54, 1.807) is 0 Å². The van der Waals surface area contributed by atoms with Gasteiger partial charge in [0.15, 0.2) is 0 Å². The Bertz CT molecular complexity index is 272. The number of hydrogen-bond donors (Lipinski definition) is 2. The number of hydrogen-bond acceptors (Lipinski definition) is 4. The molecule has 1 aliphatic heterocycles. The van der Waals surface area contributed by atoms with Gasteiger partial charge in [-0.25, -0.2) is 0 Å². The van der Waals surface area contributed by atoms with E-state index >= 15 is 0 Å². The van der Waals surface area contributed by atoms with Crippen molar-refractivity contribution in [2.75, 3.05) is 32.4 Å². The van der Waals surface area contributed by atoms with Crippen LogP contribution in [-0.2, 0) is 4.79 Å². The Morgan fingerprint density at radius 3 is 2.58 bits per heavy atom. The summed E-state index contributed by atoms with van der Waals surface area (Å²) in [6.07, 6.45) is 6.48. The van der Waals surface area contributed by atoms with E-state index < -0.39 is 0 Å². The van der Waals surface area contributed by atoms with E-state index in [-0.39, 0.29) is 16.7 Å². The van der Waals surface area contributed by atoms with Gasteiger partial charge in [-0.15, -0.1) is 0 Å². The van der Waals surface area contributed by atoms with Gasteiger partial charge in [-0.05, 0) is 32.4 Å². The van der Waals surface area contributed by atoms with Crippen LogP contribution in [0.15, 0.2) is 0 Å². The van der Waals surface area contributed by atoms with Crippen LogP contribution in [-0.4, -0.2) is 54.0 Å². The summed E-state index contributed by atoms with van der Waals surface area (Å²) < 4.78 is 0.231. The van der Waals surface area contributed by atoms with Gasteiger partial charge in [0, 0.05) is 30.9 Å². The van der Waals surface area contributed by atoms with E-state index in [0.717, 1.165) is 51.9 Å². The second kappa shape index (κ2) is 8.12. The van der Waals surface area contributed by atoms with Crippen molar-refractivity contribution in [3.63, 3.8) is 0 Å². The third kappa shape index (κ3) is 4.65. The second-order valence-corrected chi connectivity index (χ2v) is 6.72. The first kappa shape index (κ1) is 16.8. The Balaban J connectivity index is 2.39. The monoisotopic (exact) mass is 287 g/mol. The molecule has 0 radical (unpaired) electrons. The average molecular weight is 287 g/mol. The van der Waals surface area contributed by atoms with Crippen LogP contribution in [0.3, 0.4) is 0 Å². The lowest BCUT2D eigenvalue weighted by atomic mass is 9.95. The minimum atomic E-state index is -0.0190. The van der Waals surface area contributed by atoms with Crippen LogP contribution in [0.5, 0.6) is 0 Å². The van der Waals surface area contributed by atoms with Crippen molar-refractivity contribution in [2.45, 2.75) is 50.3 Å². The predicted octanol–water partition coefficient (Wildman–Crippen LogP) is 1.45. The van der Waals surface area contributed by atoms with Gasteiger partial charge >= 0.3 is 0 Å². The molecule has 1 heterocycles. The number of nitrogens with two attached hydrogens (primary N) is 1. The number of likely N-dealkylation sites (tertiary alicyclic amines) is 1. The van der Waals surface area contributed by atoms with Crippen LogP contribution in [0.4, 0.5) is 0 Å². The molecule has 0 aromatic heterocycles. The van der Waals surface area contributed by atoms with Crippen molar-refractivity contribution in [1.82, 2.24) is 10.2 Å². The molecule has 3 N–H and O–H groups in total. The number of amides is 1. The highest BCUT2D eigenvalue weighted by Crippen LogP contribution is 2.33. The molecule has 0 spiro atoms. The normalized spacial score (nSPS) is 21.1. The van der Waals surface area contributed by atoms with E-state index in [2.05, 4.69) is 23.4 Å². The molecule has 1 fully saturated rings. The summed E-state index contributed by atoms with van der Waals surface area (Å²) >= 11 is 1.88. The van der Waals surface area contributed by atoms with Gasteiger partial charge in [0.05, 0.1) is 6.04 Å². The topological polar surface area (TPSA) is 58.4 Å². The Morgan fingerprint density at radius 2 is 2.11 bits per heavy atom. The Hall–Kier alpha value is -0.260. The molecular weight excluding hydrogens is 258 g/mol. The zero-order valence-corrected chi connectivity index (χ0v) is 13.4. The minimum Gasteiger partial charge on any atom is -0.355 e. The number of piperidine rings is 1. The highest BCUT2D eigenvalue weighted by Gasteiger charge is 2.35. The first-order chi connectivity index (χ1) is 9.08. The van der Waals surface area contributed by atoms with E-state index in [0.29, 0.717) is 0 Å². The second-order valence-electron chi connectivity index (χ2n) is 5.45. The fourth-order valence-corrected chi connectivity index (χ4v) is 3.27. The van der Waals surface area contributed by atoms with Crippen molar-refractivity contribution in [3.05, 3.63) is 0 Å². The Kier molecular flexibility index (Phi) is 7.18. The van der Waals surface area contributed by atoms with Gasteiger partial charge in [0.25, 0.3) is 0 Å². The highest BCUT2D eigenvalue weighted by atomic mass is 32.2. The number of thioether (sulfide) groups is 1. The fraction of sp³-hybridized carbons (Fsp3) is 0.929. The molecule has 5 heteroatoms. The molecule has 1 amide bonds. The SMILES string of the molecule is CCCCNC(=O)C(C)N1CCC(CN)(SC)CC1. The van der Waals surface area contributed by atoms with Crippen molar-refractivity contribution in [3.8, 4) is 0 Å². The molecule has 1 atom stereocenters. The van der Waals surface area contributed by atoms with Crippen LogP contribution in [0.25, 0.3) is 0 Å². The highest BCUT2D eigenvalue weighted by molar-refractivity contribution is 8.00. The van der Waals surface area contributed by atoms with Gasteiger partial charge in [-0.3, -0.25) is 9.69 Å². The van der Waals surface area contributed by atoms with Crippen molar-refractivity contribution in [2.24, 2.45) is 5.73 Å². The van der Waals surface area contributed by atoms with Gasteiger partial charge in [0.2, 0.25) is 5.91 Å². The quantitative estimate of drug-likeness (QED) is 0.696. The molecule has 1 rings (SSSR count). The lowest BCUT2D eigenvalue weighted by molar-refractivity contribution is -0.126. The van der Waals surface area contributed by atoms with Crippen LogP contribution in [0, 0.1) is 0 Å². The average Bonchev–Trinajstić information content (AvgIpc) is 2.46. The first-order valence-electron chi connectivity index (χ1n) is 7.35. The standard InChI is InChI=1S/C14H29N3OS/c1-4-5-8-16-13(18)12(2)17-9-6-14(11-15,19-3)7-10-17/h12H,4-11,15H2,1-3H3,(H,16,18). The van der Waals surface area contributed by atoms with E-state index in [4.69, 9.17) is 5.73 Å². The van der Waals surface area contributed by atoms with Crippen LogP contribution in [0.2, 0.25) is 0 Å². The van der Waals surface area contributed by atoms with Gasteiger partial charge < -0.3 is 11.1 Å². The predicted molar refractivity (Wildman–Crippen MR) is 83.5 cm³/mol. The summed E-state index contributed by atoms with van der Waals surface area (Å²) in [5.74, 6) is 0.165. The smallest absolute Gasteiger partial charge is 0.237 e. The number of carbonyl (C=O) groups is 1. The molecule has 1 saturated heterocycles. The maximum absolute atomic E-state index is 12.0. The van der Waals surface area contributed by atoms with Gasteiger partial charge in [-0.2, -0.15) is 11.8 Å². The van der Waals surface area contributed by atoms with Crippen molar-refractivity contribution in [1.29, 1.82) is 0 Å². The van der Waals surface area contributed by atoms with Crippen LogP contribution in [0.1, 0.15) is 39.5 Å². The molecule has 1 aliphatic rings. The Labute approximate surface area is 121 Å². The number of rotatable bonds is 7. The van der Waals surface area contributed by atoms with E-state index in [1.807, 2.05) is 18.7 Å². The minimum absolute atomic E-state index is 0.0190. The zero-order chi connectivity index (χ0) is 14.3. The number of carbonyl (C=O) groups excluding carboxylic acids is 1. The maximum Gasteiger partial charge on any atom is 0.237 e. The van der Waals surface area contributed by atoms with Crippen molar-refractivity contribution < 1.29 is 4.79 Å². The number of nitrogens with zero attached hydrogens (tertiary/aromatic N) is 1. The van der Waals surface area contributed by atoms with Gasteiger partial charge in [-0.1, -0.05) is 13.3 Å². The molecule has 0 bridgehead atoms. The summed E-state index contributed by atoms with van der Waals surface area (Å²) in [7, 11) is 0. The van der Waals surface area contributed by atoms with E-state index in [9.17, 15) is 4.79 Å². The zero-order valence-electron chi connectivity index (χ0n) is 12.6. The molecular formula is C14H29N3OS. The maximum atomic E-state index is 12.0. The molecule has 19 heavy (non-hydrogen) atoms. The molecule has 0 aromatic rings. The summed E-state index contributed by atoms with van der Waals surface area (Å²) in [5.41, 5.74) is 5.89. The summed E-state index contributed by atoms with van der Waals surface area (Å²) in [6, 6.07) is -0.0190. The first-order valence-corrected chi connectivity index (χ1v) is 8.58. The largest absolute Gasteiger partial charge is 0.355 e. The number of nitrogens with one attached hydrogen (secondary N) is 1. The van der Waals surface area contributed by atoms with E-state index in [1.165, 1.54) is 0 Å². The van der Waals surface area contributed by atoms with Gasteiger partial charge in [0.1, 0.15) is 0 Å². The fourth-order valence-electron chi connectivity index (χ4n) is 2.51. The summed E-state index contributed by atoms with van der Waals surface area (Å²) in [4.78, 5) is 14.3. The van der Waals surface area contributed by atoms with Crippen molar-refractivity contribution >= 4 is 17.7 Å². The summed E-state index contributed by atoms with van der Waals surface area (Å²) in [6.45, 7) is 7.62. The lowest BCUT2D eigenvalue weighted by Gasteiger charge is -2.41. The summed E-state index contributed by atoms with van der Waals surface area (Å²) in [5, 5.41) is 3.02. The molecule has 4 nitrogen and oxygen atoms in total. The Morgan fingerprint density at radius 1 is 1.47 bits per heavy atom. The van der Waals surface area contributed by atoms with Crippen LogP contribution >= 0.6 is 11.8 Å². The third-order valence-corrected chi connectivity index (χ3v) is 5.71. The lowest BCUT2D eigenvalue weighted by Crippen LogP contribution is -2.53. The molecule has 0 aliphatic carbocycles. The third-order valence-electron chi connectivity index (χ3n) is 4.27.